The average molecular weight is 225 g/mol. The Hall–Kier alpha value is -2.11. The number of carbonyl (C=O) groups is 2. The zero-order valence-corrected chi connectivity index (χ0v) is 8.66. The van der Waals surface area contributed by atoms with Gasteiger partial charge in [-0.05, 0) is 25.1 Å². The third-order valence-electron chi connectivity index (χ3n) is 2.03. The summed E-state index contributed by atoms with van der Waals surface area (Å²) < 4.78 is 12.7. The summed E-state index contributed by atoms with van der Waals surface area (Å²) in [6, 6.07) is 2.58. The number of anilines is 1. The largest absolute Gasteiger partial charge is 0.398 e. The number of nitrogen functional groups attached to an aromatic ring is 1. The Morgan fingerprint density at radius 1 is 1.44 bits per heavy atom. The molecule has 0 spiro atoms. The number of halogens is 1. The number of hydrogen-bond acceptors (Lipinski definition) is 3. The van der Waals surface area contributed by atoms with Gasteiger partial charge in [-0.1, -0.05) is 0 Å². The molecule has 0 saturated carbocycles. The molecule has 2 amide bonds. The smallest absolute Gasteiger partial charge is 0.254 e. The van der Waals surface area contributed by atoms with E-state index in [0.29, 0.717) is 0 Å². The van der Waals surface area contributed by atoms with E-state index >= 15 is 0 Å². The maximum absolute atomic E-state index is 12.7. The van der Waals surface area contributed by atoms with Crippen LogP contribution in [-0.2, 0) is 4.79 Å². The van der Waals surface area contributed by atoms with Crippen LogP contribution < -0.4 is 16.8 Å². The Morgan fingerprint density at radius 2 is 2.06 bits per heavy atom. The second kappa shape index (κ2) is 4.61. The molecule has 86 valence electrons. The SMILES string of the molecule is CC(NC(=O)c1ccc(F)cc1N)C(N)=O. The minimum absolute atomic E-state index is 0.00849. The van der Waals surface area contributed by atoms with E-state index in [1.807, 2.05) is 0 Å². The van der Waals surface area contributed by atoms with Crippen LogP contribution in [0.3, 0.4) is 0 Å². The number of amides is 2. The van der Waals surface area contributed by atoms with Gasteiger partial charge in [0.2, 0.25) is 5.91 Å². The van der Waals surface area contributed by atoms with Crippen LogP contribution in [0.15, 0.2) is 18.2 Å². The van der Waals surface area contributed by atoms with Crippen LogP contribution in [0.25, 0.3) is 0 Å². The van der Waals surface area contributed by atoms with Crippen LogP contribution in [-0.4, -0.2) is 17.9 Å². The molecule has 5 nitrogen and oxygen atoms in total. The monoisotopic (exact) mass is 225 g/mol. The molecule has 1 atom stereocenters. The maximum atomic E-state index is 12.7. The number of hydrogen-bond donors (Lipinski definition) is 3. The first kappa shape index (κ1) is 12.0. The molecular weight excluding hydrogens is 213 g/mol. The molecule has 1 unspecified atom stereocenters. The standard InChI is InChI=1S/C10H12FN3O2/c1-5(9(13)15)14-10(16)7-3-2-6(11)4-8(7)12/h2-5H,12H2,1H3,(H2,13,15)(H,14,16). The fraction of sp³-hybridized carbons (Fsp3) is 0.200. The lowest BCUT2D eigenvalue weighted by molar-refractivity contribution is -0.119. The summed E-state index contributed by atoms with van der Waals surface area (Å²) in [5.41, 5.74) is 10.6. The van der Waals surface area contributed by atoms with Gasteiger partial charge in [0.1, 0.15) is 11.9 Å². The molecule has 1 rings (SSSR count). The highest BCUT2D eigenvalue weighted by atomic mass is 19.1. The first-order valence-electron chi connectivity index (χ1n) is 4.57. The van der Waals surface area contributed by atoms with Gasteiger partial charge in [-0.15, -0.1) is 0 Å². The highest BCUT2D eigenvalue weighted by Crippen LogP contribution is 2.13. The number of primary amides is 1. The van der Waals surface area contributed by atoms with Gasteiger partial charge in [-0.3, -0.25) is 9.59 Å². The van der Waals surface area contributed by atoms with Gasteiger partial charge >= 0.3 is 0 Å². The number of nitrogens with two attached hydrogens (primary N) is 2. The fourth-order valence-electron chi connectivity index (χ4n) is 1.09. The molecule has 0 bridgehead atoms. The molecule has 6 heteroatoms. The molecule has 1 aromatic rings. The zero-order valence-electron chi connectivity index (χ0n) is 8.66. The normalized spacial score (nSPS) is 11.9. The van der Waals surface area contributed by atoms with Gasteiger partial charge in [0, 0.05) is 5.69 Å². The maximum Gasteiger partial charge on any atom is 0.254 e. The third-order valence-corrected chi connectivity index (χ3v) is 2.03. The topological polar surface area (TPSA) is 98.2 Å². The summed E-state index contributed by atoms with van der Waals surface area (Å²) in [6.45, 7) is 1.44. The van der Waals surface area contributed by atoms with E-state index in [-0.39, 0.29) is 11.3 Å². The summed E-state index contributed by atoms with van der Waals surface area (Å²) in [7, 11) is 0. The minimum Gasteiger partial charge on any atom is -0.398 e. The molecule has 0 heterocycles. The highest BCUT2D eigenvalue weighted by Gasteiger charge is 2.15. The molecule has 0 fully saturated rings. The van der Waals surface area contributed by atoms with Crippen molar-refractivity contribution in [3.05, 3.63) is 29.6 Å². The van der Waals surface area contributed by atoms with E-state index in [0.717, 1.165) is 12.1 Å². The van der Waals surface area contributed by atoms with Crippen molar-refractivity contribution in [2.24, 2.45) is 5.73 Å². The van der Waals surface area contributed by atoms with Crippen molar-refractivity contribution in [3.8, 4) is 0 Å². The zero-order chi connectivity index (χ0) is 12.3. The highest BCUT2D eigenvalue weighted by molar-refractivity contribution is 6.01. The lowest BCUT2D eigenvalue weighted by atomic mass is 10.1. The molecule has 16 heavy (non-hydrogen) atoms. The van der Waals surface area contributed by atoms with Crippen LogP contribution in [0.1, 0.15) is 17.3 Å². The van der Waals surface area contributed by atoms with E-state index in [2.05, 4.69) is 5.32 Å². The Morgan fingerprint density at radius 3 is 2.56 bits per heavy atom. The Kier molecular flexibility index (Phi) is 3.44. The predicted octanol–water partition coefficient (Wildman–Crippen LogP) is 0.0115. The van der Waals surface area contributed by atoms with Gasteiger partial charge < -0.3 is 16.8 Å². The van der Waals surface area contributed by atoms with Gasteiger partial charge in [-0.2, -0.15) is 0 Å². The molecule has 0 aliphatic rings. The van der Waals surface area contributed by atoms with Gasteiger partial charge in [0.05, 0.1) is 5.56 Å². The summed E-state index contributed by atoms with van der Waals surface area (Å²) in [5, 5.41) is 2.34. The molecule has 0 aromatic heterocycles. The van der Waals surface area contributed by atoms with Crippen LogP contribution in [0, 0.1) is 5.82 Å². The van der Waals surface area contributed by atoms with Gasteiger partial charge in [0.25, 0.3) is 5.91 Å². The van der Waals surface area contributed by atoms with Crippen LogP contribution in [0.4, 0.5) is 10.1 Å². The van der Waals surface area contributed by atoms with Crippen molar-refractivity contribution in [2.45, 2.75) is 13.0 Å². The third kappa shape index (κ3) is 2.69. The molecule has 0 aliphatic heterocycles. The Balaban J connectivity index is 2.85. The first-order chi connectivity index (χ1) is 7.41. The van der Waals surface area contributed by atoms with Crippen molar-refractivity contribution >= 4 is 17.5 Å². The minimum atomic E-state index is -0.808. The molecular formula is C10H12FN3O2. The summed E-state index contributed by atoms with van der Waals surface area (Å²) >= 11 is 0. The predicted molar refractivity (Wildman–Crippen MR) is 56.9 cm³/mol. The van der Waals surface area contributed by atoms with Crippen LogP contribution in [0.5, 0.6) is 0 Å². The summed E-state index contributed by atoms with van der Waals surface area (Å²) in [4.78, 5) is 22.3. The van der Waals surface area contributed by atoms with E-state index < -0.39 is 23.7 Å². The van der Waals surface area contributed by atoms with Gasteiger partial charge in [-0.25, -0.2) is 4.39 Å². The first-order valence-corrected chi connectivity index (χ1v) is 4.57. The van der Waals surface area contributed by atoms with Crippen molar-refractivity contribution in [1.29, 1.82) is 0 Å². The average Bonchev–Trinajstić information content (AvgIpc) is 2.16. The molecule has 5 N–H and O–H groups in total. The fourth-order valence-corrected chi connectivity index (χ4v) is 1.09. The van der Waals surface area contributed by atoms with E-state index in [1.165, 1.54) is 13.0 Å². The van der Waals surface area contributed by atoms with Crippen molar-refractivity contribution in [3.63, 3.8) is 0 Å². The van der Waals surface area contributed by atoms with Crippen LogP contribution in [0.2, 0.25) is 0 Å². The number of nitrogens with one attached hydrogen (secondary N) is 1. The Bertz CT molecular complexity index is 434. The van der Waals surface area contributed by atoms with Crippen molar-refractivity contribution < 1.29 is 14.0 Å². The molecule has 0 saturated heterocycles. The van der Waals surface area contributed by atoms with Crippen molar-refractivity contribution in [2.75, 3.05) is 5.73 Å². The molecule has 1 aromatic carbocycles. The Labute approximate surface area is 91.6 Å². The lowest BCUT2D eigenvalue weighted by Crippen LogP contribution is -2.42. The van der Waals surface area contributed by atoms with Crippen LogP contribution >= 0.6 is 0 Å². The molecule has 0 aliphatic carbocycles. The van der Waals surface area contributed by atoms with Crippen molar-refractivity contribution in [1.82, 2.24) is 5.32 Å². The quantitative estimate of drug-likeness (QED) is 0.632. The number of carbonyl (C=O) groups excluding carboxylic acids is 2. The molecule has 0 radical (unpaired) electrons. The van der Waals surface area contributed by atoms with Gasteiger partial charge in [0.15, 0.2) is 0 Å². The van der Waals surface area contributed by atoms with E-state index in [9.17, 15) is 14.0 Å². The van der Waals surface area contributed by atoms with E-state index in [4.69, 9.17) is 11.5 Å². The second-order valence-corrected chi connectivity index (χ2v) is 3.33. The summed E-state index contributed by atoms with van der Waals surface area (Å²) in [6.07, 6.45) is 0. The lowest BCUT2D eigenvalue weighted by Gasteiger charge is -2.11. The summed E-state index contributed by atoms with van der Waals surface area (Å²) in [5.74, 6) is -1.75. The van der Waals surface area contributed by atoms with E-state index in [1.54, 1.807) is 0 Å². The second-order valence-electron chi connectivity index (χ2n) is 3.33. The number of benzene rings is 1. The number of rotatable bonds is 3.